The molecule has 9 heteroatoms. The molecule has 2 aromatic rings. The molecular formula is C20H27N3O4S2. The van der Waals surface area contributed by atoms with E-state index in [-0.39, 0.29) is 9.79 Å². The van der Waals surface area contributed by atoms with Gasteiger partial charge in [-0.05, 0) is 55.2 Å². The van der Waals surface area contributed by atoms with Crippen molar-refractivity contribution in [3.63, 3.8) is 0 Å². The monoisotopic (exact) mass is 437 g/mol. The Morgan fingerprint density at radius 1 is 0.966 bits per heavy atom. The van der Waals surface area contributed by atoms with Gasteiger partial charge in [0, 0.05) is 27.2 Å². The Hall–Kier alpha value is -2.10. The fourth-order valence-electron chi connectivity index (χ4n) is 3.45. The second kappa shape index (κ2) is 8.33. The van der Waals surface area contributed by atoms with Gasteiger partial charge in [-0.25, -0.2) is 21.1 Å². The van der Waals surface area contributed by atoms with Crippen LogP contribution in [-0.2, 0) is 20.0 Å². The van der Waals surface area contributed by atoms with Crippen LogP contribution in [0.3, 0.4) is 0 Å². The fourth-order valence-corrected chi connectivity index (χ4v) is 5.43. The standard InChI is InChI=1S/C20H27N3O4S2/c1-16-7-6-14-23(15-16)20-9-5-4-8-19(20)21-28(24,25)17-10-12-18(13-11-17)29(26,27)22(2)3/h4-5,8-13,16,21H,6-7,14-15H2,1-3H3. The molecule has 0 radical (unpaired) electrons. The van der Waals surface area contributed by atoms with Crippen molar-refractivity contribution in [2.75, 3.05) is 36.8 Å². The number of para-hydroxylation sites is 2. The van der Waals surface area contributed by atoms with Gasteiger partial charge in [-0.3, -0.25) is 4.72 Å². The molecule has 0 spiro atoms. The van der Waals surface area contributed by atoms with E-state index in [4.69, 9.17) is 0 Å². The fraction of sp³-hybridized carbons (Fsp3) is 0.400. The summed E-state index contributed by atoms with van der Waals surface area (Å²) in [5.74, 6) is 0.555. The summed E-state index contributed by atoms with van der Waals surface area (Å²) in [7, 11) is -4.61. The molecule has 1 saturated heterocycles. The van der Waals surface area contributed by atoms with Crippen LogP contribution in [0.2, 0.25) is 0 Å². The smallest absolute Gasteiger partial charge is 0.261 e. The largest absolute Gasteiger partial charge is 0.370 e. The number of piperidine rings is 1. The van der Waals surface area contributed by atoms with Crippen molar-refractivity contribution >= 4 is 31.4 Å². The molecule has 0 amide bonds. The number of nitrogens with zero attached hydrogens (tertiary/aromatic N) is 2. The van der Waals surface area contributed by atoms with Gasteiger partial charge in [0.2, 0.25) is 10.0 Å². The van der Waals surface area contributed by atoms with Crippen molar-refractivity contribution in [3.8, 4) is 0 Å². The highest BCUT2D eigenvalue weighted by molar-refractivity contribution is 7.92. The van der Waals surface area contributed by atoms with E-state index in [1.54, 1.807) is 12.1 Å². The lowest BCUT2D eigenvalue weighted by atomic mass is 9.99. The van der Waals surface area contributed by atoms with E-state index in [9.17, 15) is 16.8 Å². The van der Waals surface area contributed by atoms with Gasteiger partial charge in [-0.2, -0.15) is 0 Å². The van der Waals surface area contributed by atoms with Crippen molar-refractivity contribution in [1.82, 2.24) is 4.31 Å². The van der Waals surface area contributed by atoms with Crippen LogP contribution in [0.4, 0.5) is 11.4 Å². The maximum absolute atomic E-state index is 12.9. The average Bonchev–Trinajstić information content (AvgIpc) is 2.68. The van der Waals surface area contributed by atoms with Crippen LogP contribution in [-0.4, -0.2) is 48.3 Å². The van der Waals surface area contributed by atoms with Crippen LogP contribution < -0.4 is 9.62 Å². The molecule has 0 aromatic heterocycles. The predicted molar refractivity (Wildman–Crippen MR) is 115 cm³/mol. The lowest BCUT2D eigenvalue weighted by Gasteiger charge is -2.34. The third-order valence-electron chi connectivity index (χ3n) is 5.06. The van der Waals surface area contributed by atoms with Gasteiger partial charge in [0.25, 0.3) is 10.0 Å². The molecule has 0 saturated carbocycles. The Labute approximate surface area is 173 Å². The van der Waals surface area contributed by atoms with Gasteiger partial charge in [0.05, 0.1) is 21.2 Å². The van der Waals surface area contributed by atoms with Crippen molar-refractivity contribution in [3.05, 3.63) is 48.5 Å². The Morgan fingerprint density at radius 2 is 1.59 bits per heavy atom. The molecular weight excluding hydrogens is 410 g/mol. The Kier molecular flexibility index (Phi) is 6.21. The van der Waals surface area contributed by atoms with Crippen LogP contribution in [0.15, 0.2) is 58.3 Å². The first-order chi connectivity index (χ1) is 13.6. The number of anilines is 2. The van der Waals surface area contributed by atoms with E-state index in [0.717, 1.165) is 29.5 Å². The van der Waals surface area contributed by atoms with Gasteiger partial charge in [0.15, 0.2) is 0 Å². The van der Waals surface area contributed by atoms with Gasteiger partial charge in [-0.1, -0.05) is 19.1 Å². The van der Waals surface area contributed by atoms with E-state index >= 15 is 0 Å². The van der Waals surface area contributed by atoms with Gasteiger partial charge >= 0.3 is 0 Å². The highest BCUT2D eigenvalue weighted by Gasteiger charge is 2.23. The first-order valence-corrected chi connectivity index (χ1v) is 12.4. The quantitative estimate of drug-likeness (QED) is 0.751. The topological polar surface area (TPSA) is 86.8 Å². The van der Waals surface area contributed by atoms with Gasteiger partial charge < -0.3 is 4.90 Å². The maximum atomic E-state index is 12.9. The first-order valence-electron chi connectivity index (χ1n) is 9.50. The molecule has 1 unspecified atom stereocenters. The van der Waals surface area contributed by atoms with Gasteiger partial charge in [0.1, 0.15) is 0 Å². The summed E-state index contributed by atoms with van der Waals surface area (Å²) in [6, 6.07) is 12.6. The second-order valence-electron chi connectivity index (χ2n) is 7.57. The summed E-state index contributed by atoms with van der Waals surface area (Å²) in [4.78, 5) is 2.26. The van der Waals surface area contributed by atoms with Crippen LogP contribution in [0, 0.1) is 5.92 Å². The molecule has 1 fully saturated rings. The lowest BCUT2D eigenvalue weighted by molar-refractivity contribution is 0.447. The molecule has 0 aliphatic carbocycles. The number of hydrogen-bond acceptors (Lipinski definition) is 5. The zero-order valence-electron chi connectivity index (χ0n) is 16.9. The zero-order chi connectivity index (χ0) is 21.2. The van der Waals surface area contributed by atoms with E-state index in [2.05, 4.69) is 16.5 Å². The minimum Gasteiger partial charge on any atom is -0.370 e. The number of nitrogens with one attached hydrogen (secondary N) is 1. The Balaban J connectivity index is 1.87. The maximum Gasteiger partial charge on any atom is 0.261 e. The van der Waals surface area contributed by atoms with Crippen molar-refractivity contribution in [2.24, 2.45) is 5.92 Å². The summed E-state index contributed by atoms with van der Waals surface area (Å²) in [6.07, 6.45) is 2.25. The predicted octanol–water partition coefficient (Wildman–Crippen LogP) is 2.97. The molecule has 1 N–H and O–H groups in total. The molecule has 158 valence electrons. The number of sulfonamides is 2. The van der Waals surface area contributed by atoms with Crippen LogP contribution in [0.1, 0.15) is 19.8 Å². The van der Waals surface area contributed by atoms with Crippen LogP contribution in [0.5, 0.6) is 0 Å². The third-order valence-corrected chi connectivity index (χ3v) is 8.27. The summed E-state index contributed by atoms with van der Waals surface area (Å²) in [6.45, 7) is 3.97. The average molecular weight is 438 g/mol. The molecule has 1 heterocycles. The number of benzene rings is 2. The Bertz CT molecular complexity index is 1070. The van der Waals surface area contributed by atoms with Crippen LogP contribution in [0.25, 0.3) is 0 Å². The first kappa shape index (κ1) is 21.6. The third kappa shape index (κ3) is 4.73. The summed E-state index contributed by atoms with van der Waals surface area (Å²) in [5.41, 5.74) is 1.38. The zero-order valence-corrected chi connectivity index (χ0v) is 18.5. The SMILES string of the molecule is CC1CCCN(c2ccccc2NS(=O)(=O)c2ccc(S(=O)(=O)N(C)C)cc2)C1. The number of rotatable bonds is 6. The van der Waals surface area contributed by atoms with Gasteiger partial charge in [-0.15, -0.1) is 0 Å². The van der Waals surface area contributed by atoms with Crippen LogP contribution >= 0.6 is 0 Å². The highest BCUT2D eigenvalue weighted by atomic mass is 32.2. The van der Waals surface area contributed by atoms with Crippen molar-refractivity contribution < 1.29 is 16.8 Å². The Morgan fingerprint density at radius 3 is 2.21 bits per heavy atom. The normalized spacial score (nSPS) is 18.1. The molecule has 1 aliphatic rings. The molecule has 0 bridgehead atoms. The molecule has 29 heavy (non-hydrogen) atoms. The second-order valence-corrected chi connectivity index (χ2v) is 11.4. The summed E-state index contributed by atoms with van der Waals surface area (Å²) < 4.78 is 53.9. The minimum atomic E-state index is -3.86. The molecule has 2 aromatic carbocycles. The van der Waals surface area contributed by atoms with E-state index in [1.807, 2.05) is 12.1 Å². The molecule has 1 atom stereocenters. The van der Waals surface area contributed by atoms with Crippen molar-refractivity contribution in [2.45, 2.75) is 29.6 Å². The van der Waals surface area contributed by atoms with E-state index in [1.165, 1.54) is 44.8 Å². The number of hydrogen-bond donors (Lipinski definition) is 1. The molecule has 1 aliphatic heterocycles. The molecule has 7 nitrogen and oxygen atoms in total. The molecule has 3 rings (SSSR count). The lowest BCUT2D eigenvalue weighted by Crippen LogP contribution is -2.34. The summed E-state index contributed by atoms with van der Waals surface area (Å²) >= 11 is 0. The highest BCUT2D eigenvalue weighted by Crippen LogP contribution is 2.31. The minimum absolute atomic E-state index is 0.0111. The van der Waals surface area contributed by atoms with E-state index < -0.39 is 20.0 Å². The van der Waals surface area contributed by atoms with E-state index in [0.29, 0.717) is 11.6 Å². The summed E-state index contributed by atoms with van der Waals surface area (Å²) in [5, 5.41) is 0. The van der Waals surface area contributed by atoms with Crippen molar-refractivity contribution in [1.29, 1.82) is 0 Å².